The van der Waals surface area contributed by atoms with Gasteiger partial charge in [-0.1, -0.05) is 47.6 Å². The van der Waals surface area contributed by atoms with Gasteiger partial charge < -0.3 is 34.2 Å². The van der Waals surface area contributed by atoms with Crippen molar-refractivity contribution in [1.82, 2.24) is 15.6 Å². The van der Waals surface area contributed by atoms with Gasteiger partial charge in [0.2, 0.25) is 5.96 Å². The minimum atomic E-state index is -0.637. The minimum absolute atomic E-state index is 0. The van der Waals surface area contributed by atoms with Crippen molar-refractivity contribution in [3.8, 4) is 0 Å². The van der Waals surface area contributed by atoms with Crippen LogP contribution < -0.4 is 40.1 Å². The Labute approximate surface area is 245 Å². The van der Waals surface area contributed by atoms with Gasteiger partial charge in [0.15, 0.2) is 5.58 Å². The van der Waals surface area contributed by atoms with Gasteiger partial charge in [-0.2, -0.15) is 23.2 Å². The zero-order valence-electron chi connectivity index (χ0n) is 21.9. The molecule has 1 atom stereocenters. The quantitative estimate of drug-likeness (QED) is 0.224. The van der Waals surface area contributed by atoms with Gasteiger partial charge >= 0.3 is 24.9 Å². The molecule has 4 aromatic rings. The van der Waals surface area contributed by atoms with Crippen molar-refractivity contribution in [3.05, 3.63) is 115 Å². The second-order valence-electron chi connectivity index (χ2n) is 8.17. The number of aliphatic imine (C=N–C) groups is 1. The van der Waals surface area contributed by atoms with Crippen LogP contribution in [0, 0.1) is 19.9 Å². The Balaban J connectivity index is 0.000000644. The van der Waals surface area contributed by atoms with Crippen LogP contribution in [0.2, 0.25) is 5.02 Å². The van der Waals surface area contributed by atoms with Gasteiger partial charge in [0.25, 0.3) is 5.91 Å². The summed E-state index contributed by atoms with van der Waals surface area (Å²) in [5, 5.41) is 12.6. The van der Waals surface area contributed by atoms with Crippen molar-refractivity contribution in [2.45, 2.75) is 13.0 Å². The number of amides is 1. The number of anilines is 2. The van der Waals surface area contributed by atoms with Crippen molar-refractivity contribution >= 4 is 46.3 Å². The van der Waals surface area contributed by atoms with Gasteiger partial charge in [-0.25, -0.2) is 4.99 Å². The van der Waals surface area contributed by atoms with E-state index in [1.165, 1.54) is 0 Å². The second kappa shape index (κ2) is 14.6. The maximum Gasteiger partial charge on any atom is 1.00 e. The van der Waals surface area contributed by atoms with E-state index in [9.17, 15) is 4.79 Å². The first-order valence-electron chi connectivity index (χ1n) is 12.0. The smallest absolute Gasteiger partial charge is 0.423 e. The van der Waals surface area contributed by atoms with Gasteiger partial charge in [-0.3, -0.25) is 10.1 Å². The molecule has 0 bridgehead atoms. The third kappa shape index (κ3) is 7.75. The zero-order chi connectivity index (χ0) is 26.9. The van der Waals surface area contributed by atoms with Crippen LogP contribution in [0.5, 0.6) is 0 Å². The van der Waals surface area contributed by atoms with Gasteiger partial charge in [0, 0.05) is 16.3 Å². The molecular weight excluding hydrogens is 507 g/mol. The molecule has 196 valence electrons. The Kier molecular flexibility index (Phi) is 11.2. The molecule has 0 radical (unpaired) electrons. The van der Waals surface area contributed by atoms with Gasteiger partial charge in [0.05, 0.1) is 5.57 Å². The molecule has 8 nitrogen and oxygen atoms in total. The summed E-state index contributed by atoms with van der Waals surface area (Å²) in [4.78, 5) is 22.5. The molecule has 0 saturated heterocycles. The van der Waals surface area contributed by atoms with E-state index in [1.54, 1.807) is 30.3 Å². The van der Waals surface area contributed by atoms with Crippen LogP contribution in [0.4, 0.5) is 11.7 Å². The molecule has 0 aliphatic carbocycles. The molecule has 3 aromatic carbocycles. The van der Waals surface area contributed by atoms with E-state index in [0.717, 1.165) is 18.6 Å². The number of oxazole rings is 1. The molecule has 2 heterocycles. The molecule has 39 heavy (non-hydrogen) atoms. The topological polar surface area (TPSA) is 104 Å². The first-order chi connectivity index (χ1) is 18.5. The van der Waals surface area contributed by atoms with Crippen molar-refractivity contribution in [3.63, 3.8) is 0 Å². The molecule has 1 aromatic heterocycles. The van der Waals surface area contributed by atoms with Crippen LogP contribution in [0.3, 0.4) is 0 Å². The molecule has 1 amide bonds. The molecule has 1 aliphatic heterocycles. The Hall–Kier alpha value is -3.54. The fraction of sp³-hybridized carbons (Fsp3) is 0.138. The summed E-state index contributed by atoms with van der Waals surface area (Å²) in [5.74, 6) is 0.121. The van der Waals surface area contributed by atoms with E-state index in [4.69, 9.17) is 21.0 Å². The normalized spacial score (nSPS) is 14.4. The van der Waals surface area contributed by atoms with E-state index < -0.39 is 6.04 Å². The van der Waals surface area contributed by atoms with E-state index in [2.05, 4.69) is 46.2 Å². The third-order valence-electron chi connectivity index (χ3n) is 5.53. The largest absolute Gasteiger partial charge is 1.00 e. The average Bonchev–Trinajstić information content (AvgIpc) is 3.32. The molecule has 10 heteroatoms. The number of halogens is 1. The van der Waals surface area contributed by atoms with Crippen LogP contribution >= 0.6 is 11.6 Å². The average molecular weight is 535 g/mol. The number of fused-ring (bicyclic) bond motifs is 1. The van der Waals surface area contributed by atoms with Crippen molar-refractivity contribution in [1.29, 1.82) is 0 Å². The summed E-state index contributed by atoms with van der Waals surface area (Å²) in [6.07, 6.45) is 0. The van der Waals surface area contributed by atoms with Crippen molar-refractivity contribution in [2.75, 3.05) is 23.7 Å². The van der Waals surface area contributed by atoms with E-state index in [1.807, 2.05) is 49.4 Å². The molecule has 0 fully saturated rings. The molecule has 1 unspecified atom stereocenters. The number of carbonyl (C=O) groups is 1. The fourth-order valence-corrected chi connectivity index (χ4v) is 4.02. The second-order valence-corrected chi connectivity index (χ2v) is 8.58. The Morgan fingerprint density at radius 3 is 2.44 bits per heavy atom. The summed E-state index contributed by atoms with van der Waals surface area (Å²) >= 11 is 6.50. The van der Waals surface area contributed by atoms with E-state index in [0.29, 0.717) is 45.1 Å². The first kappa shape index (κ1) is 30.0. The summed E-state index contributed by atoms with van der Waals surface area (Å²) < 4.78 is 5.76. The Bertz CT molecular complexity index is 1420. The van der Waals surface area contributed by atoms with Gasteiger partial charge in [-0.15, -0.1) is 25.2 Å². The predicted molar refractivity (Wildman–Crippen MR) is 153 cm³/mol. The number of benzene rings is 3. The van der Waals surface area contributed by atoms with E-state index >= 15 is 0 Å². The summed E-state index contributed by atoms with van der Waals surface area (Å²) in [6.45, 7) is 10.4. The van der Waals surface area contributed by atoms with Crippen molar-refractivity contribution < 1.29 is 28.1 Å². The number of para-hydroxylation sites is 2. The molecule has 0 saturated carbocycles. The van der Waals surface area contributed by atoms with Crippen LogP contribution in [-0.2, 0) is 4.79 Å². The maximum absolute atomic E-state index is 13.3. The number of nitrogens with one attached hydrogen (secondary N) is 4. The summed E-state index contributed by atoms with van der Waals surface area (Å²) in [7, 11) is 0. The Morgan fingerprint density at radius 2 is 1.77 bits per heavy atom. The van der Waals surface area contributed by atoms with Crippen LogP contribution in [0.15, 0.2) is 93.5 Å². The fourth-order valence-electron chi connectivity index (χ4n) is 3.78. The van der Waals surface area contributed by atoms with Crippen LogP contribution in [0.25, 0.3) is 11.1 Å². The number of allylic oxidation sites excluding steroid dienone is 1. The number of guanidine groups is 1. The zero-order valence-corrected chi connectivity index (χ0v) is 22.7. The number of nitrogens with zero attached hydrogens (tertiary/aromatic N) is 2. The summed E-state index contributed by atoms with van der Waals surface area (Å²) in [5.41, 5.74) is 3.85. The number of hydrogen-bond donors (Lipinski definition) is 4. The molecule has 1 aliphatic rings. The number of aromatic nitrogens is 1. The van der Waals surface area contributed by atoms with Gasteiger partial charge in [0.1, 0.15) is 11.6 Å². The SMILES string of the molecule is CC1=C(C(=O)Nc2cc[c-]cc2)C(c2ccccc2Cl)N=C(Nc2nc3ccccc3o2)N1.[CH2-]CNC[CH2-].[Li+]. The van der Waals surface area contributed by atoms with Crippen LogP contribution in [0.1, 0.15) is 18.5 Å². The number of rotatable bonds is 6. The minimum Gasteiger partial charge on any atom is -0.423 e. The molecule has 0 spiro atoms. The monoisotopic (exact) mass is 534 g/mol. The first-order valence-corrected chi connectivity index (χ1v) is 12.4. The maximum atomic E-state index is 13.3. The summed E-state index contributed by atoms with van der Waals surface area (Å²) in [6, 6.07) is 24.4. The molecular formula is C29H28ClLiN6O2-2. The van der Waals surface area contributed by atoms with E-state index in [-0.39, 0.29) is 24.8 Å². The predicted octanol–water partition coefficient (Wildman–Crippen LogP) is 2.55. The van der Waals surface area contributed by atoms with Crippen LogP contribution in [-0.4, -0.2) is 29.9 Å². The molecule has 4 N–H and O–H groups in total. The number of hydrogen-bond acceptors (Lipinski definition) is 7. The Morgan fingerprint density at radius 1 is 1.08 bits per heavy atom. The molecule has 5 rings (SSSR count). The number of carbonyl (C=O) groups excluding carboxylic acids is 1. The third-order valence-corrected chi connectivity index (χ3v) is 5.88. The standard InChI is InChI=1S/C25H19ClN5O2.C4H9N.Li/c1-15-21(23(32)28-16-9-3-2-4-10-16)22(17-11-5-6-12-18(17)26)30-24(27-15)31-25-29-19-13-7-8-14-20(19)33-25;1-3-5-4-2;/h3-14,22H,1H3,(H,28,32)(H2,27,29,30,31);5H,1-4H2;/q-1;-2;+1. The van der Waals surface area contributed by atoms with Gasteiger partial charge in [-0.05, 0) is 25.1 Å². The van der Waals surface area contributed by atoms with Crippen molar-refractivity contribution in [2.24, 2.45) is 4.99 Å².